The molecule has 90 valence electrons. The number of hydrogen-bond donors (Lipinski definition) is 0. The molecule has 0 amide bonds. The van der Waals surface area contributed by atoms with Crippen LogP contribution in [0.1, 0.15) is 65.2 Å². The van der Waals surface area contributed by atoms with Crippen molar-refractivity contribution < 1.29 is 14.3 Å². The van der Waals surface area contributed by atoms with Gasteiger partial charge in [-0.2, -0.15) is 0 Å². The summed E-state index contributed by atoms with van der Waals surface area (Å²) < 4.78 is 4.62. The first-order valence-corrected chi connectivity index (χ1v) is 5.94. The van der Waals surface area contributed by atoms with E-state index in [0.717, 1.165) is 25.7 Å². The molecule has 0 saturated heterocycles. The molecule has 0 spiro atoms. The molecule has 0 N–H and O–H groups in total. The van der Waals surface area contributed by atoms with Gasteiger partial charge in [-0.3, -0.25) is 9.59 Å². The third-order valence-corrected chi connectivity index (χ3v) is 2.17. The fourth-order valence-corrected chi connectivity index (χ4v) is 1.31. The van der Waals surface area contributed by atoms with Crippen LogP contribution in [0.25, 0.3) is 0 Å². The first kappa shape index (κ1) is 19.1. The van der Waals surface area contributed by atoms with Crippen LogP contribution < -0.4 is 0 Å². The molecule has 0 aromatic rings. The van der Waals surface area contributed by atoms with Crippen molar-refractivity contribution in [1.82, 2.24) is 0 Å². The Labute approximate surface area is 141 Å². The van der Waals surface area contributed by atoms with Crippen molar-refractivity contribution in [3.8, 4) is 0 Å². The molecule has 4 heteroatoms. The van der Waals surface area contributed by atoms with Gasteiger partial charge in [-0.15, -0.1) is 0 Å². The van der Waals surface area contributed by atoms with E-state index >= 15 is 0 Å². The number of carbonyl (C=O) groups is 2. The Morgan fingerprint density at radius 3 is 1.94 bits per heavy atom. The first-order valence-electron chi connectivity index (χ1n) is 5.94. The zero-order chi connectivity index (χ0) is 11.5. The van der Waals surface area contributed by atoms with Gasteiger partial charge in [0.05, 0.1) is 0 Å². The first-order chi connectivity index (χ1) is 7.20. The molecular weight excluding hydrogens is 231 g/mol. The van der Waals surface area contributed by atoms with Crippen molar-refractivity contribution >= 4 is 63.3 Å². The summed E-state index contributed by atoms with van der Waals surface area (Å²) >= 11 is 0. The molecule has 0 rings (SSSR count). The molecule has 0 radical (unpaired) electrons. The second-order valence-corrected chi connectivity index (χ2v) is 3.76. The van der Waals surface area contributed by atoms with Crippen LogP contribution >= 0.6 is 0 Å². The van der Waals surface area contributed by atoms with Crippen LogP contribution in [0.4, 0.5) is 0 Å². The SMILES string of the molecule is CCCCCCCC(=O)OC(=O)CCC.[KH]. The molecular formula is C12H23KO3. The zero-order valence-electron chi connectivity index (χ0n) is 9.88. The van der Waals surface area contributed by atoms with Crippen LogP contribution in [0.2, 0.25) is 0 Å². The summed E-state index contributed by atoms with van der Waals surface area (Å²) in [6, 6.07) is 0. The quantitative estimate of drug-likeness (QED) is 0.289. The standard InChI is InChI=1S/C12H22O3.K.H/c1-3-5-6-7-8-10-12(14)15-11(13)9-4-2;;/h3-10H2,1-2H3;;. The maximum atomic E-state index is 11.1. The second kappa shape index (κ2) is 13.8. The van der Waals surface area contributed by atoms with Crippen LogP contribution in [0.5, 0.6) is 0 Å². The monoisotopic (exact) mass is 254 g/mol. The van der Waals surface area contributed by atoms with Gasteiger partial charge in [0, 0.05) is 12.8 Å². The summed E-state index contributed by atoms with van der Waals surface area (Å²) in [5.74, 6) is -0.763. The Kier molecular flexibility index (Phi) is 16.5. The molecule has 0 aliphatic rings. The van der Waals surface area contributed by atoms with Crippen LogP contribution in [0, 0.1) is 0 Å². The van der Waals surface area contributed by atoms with Crippen LogP contribution in [0.15, 0.2) is 0 Å². The van der Waals surface area contributed by atoms with Gasteiger partial charge in [-0.25, -0.2) is 0 Å². The fraction of sp³-hybridized carbons (Fsp3) is 0.833. The average molecular weight is 254 g/mol. The van der Waals surface area contributed by atoms with Gasteiger partial charge in [-0.05, 0) is 12.8 Å². The number of unbranched alkanes of at least 4 members (excludes halogenated alkanes) is 4. The summed E-state index contributed by atoms with van der Waals surface area (Å²) in [4.78, 5) is 22.1. The predicted molar refractivity (Wildman–Crippen MR) is 66.5 cm³/mol. The molecule has 0 aromatic heterocycles. The zero-order valence-corrected chi connectivity index (χ0v) is 9.88. The van der Waals surface area contributed by atoms with Gasteiger partial charge in [-0.1, -0.05) is 39.5 Å². The van der Waals surface area contributed by atoms with Crippen molar-refractivity contribution in [2.75, 3.05) is 0 Å². The van der Waals surface area contributed by atoms with Crippen molar-refractivity contribution in [3.05, 3.63) is 0 Å². The molecule has 0 heterocycles. The van der Waals surface area contributed by atoms with Gasteiger partial charge in [0.25, 0.3) is 0 Å². The number of hydrogen-bond acceptors (Lipinski definition) is 3. The van der Waals surface area contributed by atoms with Gasteiger partial charge >= 0.3 is 63.3 Å². The number of carbonyl (C=O) groups excluding carboxylic acids is 2. The minimum absolute atomic E-state index is 0. The van der Waals surface area contributed by atoms with Crippen LogP contribution in [-0.2, 0) is 14.3 Å². The summed E-state index contributed by atoms with van der Waals surface area (Å²) in [5, 5.41) is 0. The van der Waals surface area contributed by atoms with E-state index in [2.05, 4.69) is 11.7 Å². The molecule has 16 heavy (non-hydrogen) atoms. The van der Waals surface area contributed by atoms with Gasteiger partial charge in [0.1, 0.15) is 0 Å². The van der Waals surface area contributed by atoms with Gasteiger partial charge in [0.15, 0.2) is 0 Å². The third kappa shape index (κ3) is 12.8. The fourth-order valence-electron chi connectivity index (χ4n) is 1.31. The Morgan fingerprint density at radius 2 is 1.38 bits per heavy atom. The molecule has 3 nitrogen and oxygen atoms in total. The van der Waals surface area contributed by atoms with E-state index in [1.54, 1.807) is 0 Å². The topological polar surface area (TPSA) is 43.4 Å². The van der Waals surface area contributed by atoms with Crippen molar-refractivity contribution in [2.24, 2.45) is 0 Å². The van der Waals surface area contributed by atoms with Crippen molar-refractivity contribution in [2.45, 2.75) is 65.2 Å². The van der Waals surface area contributed by atoms with E-state index in [-0.39, 0.29) is 57.4 Å². The summed E-state index contributed by atoms with van der Waals surface area (Å²) in [6.07, 6.45) is 6.88. The van der Waals surface area contributed by atoms with E-state index in [1.165, 1.54) is 12.8 Å². The molecule has 0 saturated carbocycles. The Bertz CT molecular complexity index is 193. The van der Waals surface area contributed by atoms with Crippen LogP contribution in [-0.4, -0.2) is 63.3 Å². The number of rotatable bonds is 8. The normalized spacial score (nSPS) is 9.38. The Morgan fingerprint density at radius 1 is 0.812 bits per heavy atom. The van der Waals surface area contributed by atoms with E-state index < -0.39 is 5.97 Å². The van der Waals surface area contributed by atoms with Gasteiger partial charge < -0.3 is 4.74 Å². The second-order valence-electron chi connectivity index (χ2n) is 3.76. The predicted octanol–water partition coefficient (Wildman–Crippen LogP) is 2.57. The summed E-state index contributed by atoms with van der Waals surface area (Å²) in [5.41, 5.74) is 0. The summed E-state index contributed by atoms with van der Waals surface area (Å²) in [7, 11) is 0. The molecule has 0 unspecified atom stereocenters. The Hall–Kier alpha value is 0.776. The Balaban J connectivity index is 0. The summed E-state index contributed by atoms with van der Waals surface area (Å²) in [6.45, 7) is 4.04. The van der Waals surface area contributed by atoms with E-state index in [9.17, 15) is 9.59 Å². The van der Waals surface area contributed by atoms with Crippen molar-refractivity contribution in [1.29, 1.82) is 0 Å². The minimum atomic E-state index is -0.393. The maximum absolute atomic E-state index is 11.1. The average Bonchev–Trinajstić information content (AvgIpc) is 2.17. The number of esters is 2. The van der Waals surface area contributed by atoms with E-state index in [1.807, 2.05) is 6.92 Å². The van der Waals surface area contributed by atoms with Crippen LogP contribution in [0.3, 0.4) is 0 Å². The number of ether oxygens (including phenoxy) is 1. The van der Waals surface area contributed by atoms with E-state index in [0.29, 0.717) is 12.8 Å². The van der Waals surface area contributed by atoms with Crippen molar-refractivity contribution in [3.63, 3.8) is 0 Å². The molecule has 0 fully saturated rings. The molecule has 0 aliphatic carbocycles. The molecule has 0 bridgehead atoms. The van der Waals surface area contributed by atoms with E-state index in [4.69, 9.17) is 0 Å². The molecule has 0 atom stereocenters. The third-order valence-electron chi connectivity index (χ3n) is 2.17. The molecule has 0 aliphatic heterocycles. The van der Waals surface area contributed by atoms with Gasteiger partial charge in [0.2, 0.25) is 0 Å². The molecule has 0 aromatic carbocycles.